The normalized spacial score (nSPS) is 31.0. The lowest BCUT2D eigenvalue weighted by Crippen LogP contribution is -2.59. The molecular formula is C16H23ClN2OS. The highest BCUT2D eigenvalue weighted by molar-refractivity contribution is 7.82. The molecule has 1 aromatic rings. The fraction of sp³-hybridized carbons (Fsp3) is 0.625. The molecule has 1 saturated heterocycles. The maximum absolute atomic E-state index is 12.9. The average Bonchev–Trinajstić information content (AvgIpc) is 3.20. The number of benzene rings is 1. The molecule has 3 unspecified atom stereocenters. The van der Waals surface area contributed by atoms with Crippen LogP contribution in [0.4, 0.5) is 0 Å². The first-order chi connectivity index (χ1) is 9.92. The molecule has 0 amide bonds. The Morgan fingerprint density at radius 2 is 1.86 bits per heavy atom. The molecule has 0 radical (unpaired) electrons. The Bertz CT molecular complexity index is 561. The van der Waals surface area contributed by atoms with Gasteiger partial charge in [0.15, 0.2) is 0 Å². The zero-order valence-corrected chi connectivity index (χ0v) is 14.5. The summed E-state index contributed by atoms with van der Waals surface area (Å²) >= 11 is 6.20. The molecule has 0 aromatic heterocycles. The van der Waals surface area contributed by atoms with Crippen molar-refractivity contribution in [3.63, 3.8) is 0 Å². The number of rotatable bonds is 3. The highest BCUT2D eigenvalue weighted by Crippen LogP contribution is 2.44. The smallest absolute Gasteiger partial charge is 0.129 e. The Morgan fingerprint density at radius 3 is 2.48 bits per heavy atom. The van der Waals surface area contributed by atoms with Crippen LogP contribution in [0.1, 0.15) is 33.6 Å². The van der Waals surface area contributed by atoms with Gasteiger partial charge in [0.05, 0.1) is 9.92 Å². The van der Waals surface area contributed by atoms with Crippen LogP contribution in [0.5, 0.6) is 0 Å². The summed E-state index contributed by atoms with van der Waals surface area (Å²) in [6.45, 7) is 8.56. The molecule has 3 atom stereocenters. The van der Waals surface area contributed by atoms with Gasteiger partial charge in [-0.2, -0.15) is 0 Å². The minimum absolute atomic E-state index is 0.274. The quantitative estimate of drug-likeness (QED) is 0.850. The van der Waals surface area contributed by atoms with Crippen LogP contribution in [0.25, 0.3) is 0 Å². The van der Waals surface area contributed by atoms with E-state index in [-0.39, 0.29) is 6.04 Å². The van der Waals surface area contributed by atoms with Crippen molar-refractivity contribution in [3.8, 4) is 0 Å². The molecule has 1 saturated carbocycles. The lowest BCUT2D eigenvalue weighted by molar-refractivity contribution is 0.0521. The Morgan fingerprint density at radius 1 is 1.19 bits per heavy atom. The molecule has 3 nitrogen and oxygen atoms in total. The molecule has 1 aromatic carbocycles. The largest absolute Gasteiger partial charge is 0.292 e. The fourth-order valence-corrected chi connectivity index (χ4v) is 5.02. The Balaban J connectivity index is 1.78. The van der Waals surface area contributed by atoms with Crippen molar-refractivity contribution in [3.05, 3.63) is 29.3 Å². The molecule has 21 heavy (non-hydrogen) atoms. The van der Waals surface area contributed by atoms with Crippen LogP contribution < -0.4 is 0 Å². The summed E-state index contributed by atoms with van der Waals surface area (Å²) in [7, 11) is -1.18. The second kappa shape index (κ2) is 5.65. The molecule has 0 bridgehead atoms. The van der Waals surface area contributed by atoms with Gasteiger partial charge in [-0.1, -0.05) is 23.7 Å². The lowest BCUT2D eigenvalue weighted by atomic mass is 10.1. The predicted octanol–water partition coefficient (Wildman–Crippen LogP) is 3.31. The van der Waals surface area contributed by atoms with Gasteiger partial charge < -0.3 is 0 Å². The summed E-state index contributed by atoms with van der Waals surface area (Å²) in [6.07, 6.45) is 2.58. The van der Waals surface area contributed by atoms with Crippen molar-refractivity contribution < 1.29 is 4.21 Å². The molecule has 116 valence electrons. The standard InChI is InChI=1S/C16H23ClN2OS/c1-12-11-19(13(2)10-18(12)16(3)8-9-16)21(20)15-7-5-4-6-14(15)17/h4-7,12-13H,8-11H2,1-3H3. The van der Waals surface area contributed by atoms with Gasteiger partial charge in [0.25, 0.3) is 0 Å². The second-order valence-corrected chi connectivity index (χ2v) is 8.44. The van der Waals surface area contributed by atoms with Gasteiger partial charge in [-0.15, -0.1) is 0 Å². The van der Waals surface area contributed by atoms with Crippen LogP contribution in [0.15, 0.2) is 29.2 Å². The van der Waals surface area contributed by atoms with E-state index in [0.717, 1.165) is 18.0 Å². The molecule has 3 rings (SSSR count). The Labute approximate surface area is 134 Å². The summed E-state index contributed by atoms with van der Waals surface area (Å²) in [4.78, 5) is 3.32. The Kier molecular flexibility index (Phi) is 4.17. The molecule has 0 spiro atoms. The van der Waals surface area contributed by atoms with E-state index < -0.39 is 11.0 Å². The molecule has 1 aliphatic carbocycles. The van der Waals surface area contributed by atoms with Gasteiger partial charge in [-0.25, -0.2) is 8.51 Å². The van der Waals surface area contributed by atoms with E-state index in [9.17, 15) is 4.21 Å². The number of nitrogens with zero attached hydrogens (tertiary/aromatic N) is 2. The molecule has 2 aliphatic rings. The van der Waals surface area contributed by atoms with E-state index in [0.29, 0.717) is 16.6 Å². The van der Waals surface area contributed by atoms with Crippen molar-refractivity contribution in [1.29, 1.82) is 0 Å². The monoisotopic (exact) mass is 326 g/mol. The van der Waals surface area contributed by atoms with Crippen molar-refractivity contribution in [2.45, 2.75) is 56.1 Å². The van der Waals surface area contributed by atoms with E-state index in [2.05, 4.69) is 30.0 Å². The van der Waals surface area contributed by atoms with Crippen molar-refractivity contribution in [2.24, 2.45) is 0 Å². The first-order valence-electron chi connectivity index (χ1n) is 7.62. The number of hydrogen-bond donors (Lipinski definition) is 0. The SMILES string of the molecule is CC1CN(C2(C)CC2)C(C)CN1S(=O)c1ccccc1Cl. The van der Waals surface area contributed by atoms with Crippen LogP contribution in [-0.2, 0) is 11.0 Å². The van der Waals surface area contributed by atoms with Gasteiger partial charge in [-0.3, -0.25) is 4.90 Å². The van der Waals surface area contributed by atoms with E-state index >= 15 is 0 Å². The van der Waals surface area contributed by atoms with Crippen LogP contribution in [0, 0.1) is 0 Å². The highest BCUT2D eigenvalue weighted by Gasteiger charge is 2.48. The van der Waals surface area contributed by atoms with Gasteiger partial charge >= 0.3 is 0 Å². The second-order valence-electron chi connectivity index (χ2n) is 6.63. The van der Waals surface area contributed by atoms with E-state index in [1.165, 1.54) is 12.8 Å². The molecule has 1 heterocycles. The molecule has 2 fully saturated rings. The van der Waals surface area contributed by atoms with Crippen LogP contribution in [0.2, 0.25) is 5.02 Å². The van der Waals surface area contributed by atoms with E-state index in [1.54, 1.807) is 0 Å². The average molecular weight is 327 g/mol. The first kappa shape index (κ1) is 15.5. The minimum atomic E-state index is -1.18. The van der Waals surface area contributed by atoms with Gasteiger partial charge in [-0.05, 0) is 45.7 Å². The third-order valence-corrected chi connectivity index (χ3v) is 6.94. The van der Waals surface area contributed by atoms with Crippen molar-refractivity contribution >= 4 is 22.6 Å². The summed E-state index contributed by atoms with van der Waals surface area (Å²) < 4.78 is 15.0. The summed E-state index contributed by atoms with van der Waals surface area (Å²) in [5, 5.41) is 0.590. The molecular weight excluding hydrogens is 304 g/mol. The number of halogens is 1. The van der Waals surface area contributed by atoms with Crippen LogP contribution in [0.3, 0.4) is 0 Å². The summed E-state index contributed by atoms with van der Waals surface area (Å²) in [6, 6.07) is 8.15. The van der Waals surface area contributed by atoms with Crippen molar-refractivity contribution in [1.82, 2.24) is 9.21 Å². The van der Waals surface area contributed by atoms with Gasteiger partial charge in [0.2, 0.25) is 0 Å². The first-order valence-corrected chi connectivity index (χ1v) is 9.11. The molecule has 1 aliphatic heterocycles. The third kappa shape index (κ3) is 2.91. The Hall–Kier alpha value is -0.420. The maximum Gasteiger partial charge on any atom is 0.129 e. The number of piperazine rings is 1. The molecule has 5 heteroatoms. The molecule has 0 N–H and O–H groups in total. The van der Waals surface area contributed by atoms with Crippen LogP contribution in [-0.4, -0.2) is 44.1 Å². The maximum atomic E-state index is 12.9. The van der Waals surface area contributed by atoms with Crippen LogP contribution >= 0.6 is 11.6 Å². The zero-order valence-electron chi connectivity index (χ0n) is 12.9. The van der Waals surface area contributed by atoms with Gasteiger partial charge in [0.1, 0.15) is 11.0 Å². The predicted molar refractivity (Wildman–Crippen MR) is 87.8 cm³/mol. The van der Waals surface area contributed by atoms with Crippen molar-refractivity contribution in [2.75, 3.05) is 13.1 Å². The topological polar surface area (TPSA) is 23.6 Å². The summed E-state index contributed by atoms with van der Waals surface area (Å²) in [5.41, 5.74) is 0.381. The fourth-order valence-electron chi connectivity index (χ4n) is 3.26. The van der Waals surface area contributed by atoms with E-state index in [4.69, 9.17) is 11.6 Å². The van der Waals surface area contributed by atoms with E-state index in [1.807, 2.05) is 24.3 Å². The highest BCUT2D eigenvalue weighted by atomic mass is 35.5. The zero-order chi connectivity index (χ0) is 15.2. The lowest BCUT2D eigenvalue weighted by Gasteiger charge is -2.46. The third-order valence-electron chi connectivity index (χ3n) is 4.83. The number of hydrogen-bond acceptors (Lipinski definition) is 2. The minimum Gasteiger partial charge on any atom is -0.292 e. The van der Waals surface area contributed by atoms with Gasteiger partial charge in [0, 0.05) is 30.7 Å². The summed E-state index contributed by atoms with van der Waals surface area (Å²) in [5.74, 6) is 0.